The number of benzene rings is 2. The van der Waals surface area contributed by atoms with Crippen LogP contribution in [0.1, 0.15) is 31.0 Å². The van der Waals surface area contributed by atoms with Crippen molar-refractivity contribution in [3.05, 3.63) is 89.0 Å². The minimum atomic E-state index is -0.615. The summed E-state index contributed by atoms with van der Waals surface area (Å²) in [4.78, 5) is 32.8. The van der Waals surface area contributed by atoms with E-state index in [2.05, 4.69) is 20.9 Å². The molecule has 0 amide bonds. The highest BCUT2D eigenvalue weighted by Crippen LogP contribution is 2.32. The number of hydrogen-bond donors (Lipinski definition) is 0. The van der Waals surface area contributed by atoms with Crippen LogP contribution >= 0.6 is 39.0 Å². The molecule has 1 aromatic heterocycles. The van der Waals surface area contributed by atoms with Crippen molar-refractivity contribution >= 4 is 51.1 Å². The van der Waals surface area contributed by atoms with Crippen molar-refractivity contribution in [1.82, 2.24) is 4.57 Å². The summed E-state index contributed by atoms with van der Waals surface area (Å²) in [6.07, 6.45) is 3.83. The Labute approximate surface area is 213 Å². The van der Waals surface area contributed by atoms with Crippen LogP contribution in [0, 0.1) is 0 Å². The third-order valence-electron chi connectivity index (χ3n) is 5.42. The predicted molar refractivity (Wildman–Crippen MR) is 139 cm³/mol. The van der Waals surface area contributed by atoms with E-state index < -0.39 is 12.0 Å². The molecule has 0 aliphatic carbocycles. The summed E-state index contributed by atoms with van der Waals surface area (Å²) in [5.74, 6) is 0.248. The maximum atomic E-state index is 13.6. The Bertz CT molecular complexity index is 1460. The molecule has 0 saturated heterocycles. The Hall–Kier alpha value is -2.62. The molecule has 0 fully saturated rings. The largest absolute Gasteiger partial charge is 0.496 e. The molecule has 3 aromatic rings. The first-order valence-electron chi connectivity index (χ1n) is 10.5. The van der Waals surface area contributed by atoms with Crippen molar-refractivity contribution in [1.29, 1.82) is 0 Å². The number of esters is 1. The highest BCUT2D eigenvalue weighted by atomic mass is 79.9. The van der Waals surface area contributed by atoms with Gasteiger partial charge >= 0.3 is 5.97 Å². The van der Waals surface area contributed by atoms with E-state index in [1.807, 2.05) is 54.8 Å². The number of methoxy groups -OCH3 is 1. The van der Waals surface area contributed by atoms with Gasteiger partial charge < -0.3 is 9.47 Å². The Kier molecular flexibility index (Phi) is 7.45. The van der Waals surface area contributed by atoms with Gasteiger partial charge in [0.05, 0.1) is 40.0 Å². The lowest BCUT2D eigenvalue weighted by atomic mass is 9.96. The zero-order chi connectivity index (χ0) is 24.4. The van der Waals surface area contributed by atoms with Gasteiger partial charge in [-0.15, -0.1) is 11.8 Å². The zero-order valence-corrected chi connectivity index (χ0v) is 22.3. The van der Waals surface area contributed by atoms with Gasteiger partial charge in [-0.25, -0.2) is 9.79 Å². The van der Waals surface area contributed by atoms with E-state index in [1.54, 1.807) is 37.3 Å². The number of halogens is 1. The van der Waals surface area contributed by atoms with Crippen LogP contribution in [-0.4, -0.2) is 30.5 Å². The van der Waals surface area contributed by atoms with Crippen molar-refractivity contribution < 1.29 is 14.3 Å². The lowest BCUT2D eigenvalue weighted by Crippen LogP contribution is -2.39. The van der Waals surface area contributed by atoms with Crippen molar-refractivity contribution in [3.8, 4) is 5.75 Å². The van der Waals surface area contributed by atoms with Crippen molar-refractivity contribution in [3.63, 3.8) is 0 Å². The molecule has 1 atom stereocenters. The van der Waals surface area contributed by atoms with Crippen LogP contribution in [0.5, 0.6) is 5.75 Å². The minimum absolute atomic E-state index is 0.205. The lowest BCUT2D eigenvalue weighted by molar-refractivity contribution is -0.139. The van der Waals surface area contributed by atoms with Crippen molar-refractivity contribution in [2.45, 2.75) is 24.8 Å². The Morgan fingerprint density at radius 1 is 1.26 bits per heavy atom. The van der Waals surface area contributed by atoms with Gasteiger partial charge in [0.25, 0.3) is 5.56 Å². The summed E-state index contributed by atoms with van der Waals surface area (Å²) < 4.78 is 13.6. The molecule has 34 heavy (non-hydrogen) atoms. The van der Waals surface area contributed by atoms with Crippen LogP contribution < -0.4 is 19.6 Å². The van der Waals surface area contributed by atoms with Gasteiger partial charge in [0.2, 0.25) is 0 Å². The Morgan fingerprint density at radius 3 is 2.62 bits per heavy atom. The molecule has 0 bridgehead atoms. The second-order valence-corrected chi connectivity index (χ2v) is 10.2. The van der Waals surface area contributed by atoms with Gasteiger partial charge in [-0.05, 0) is 77.5 Å². The third-order valence-corrected chi connectivity index (χ3v) is 7.77. The molecule has 6 nitrogen and oxygen atoms in total. The van der Waals surface area contributed by atoms with Crippen LogP contribution in [0.25, 0.3) is 6.08 Å². The molecule has 0 N–H and O–H groups in total. The summed E-state index contributed by atoms with van der Waals surface area (Å²) in [6.45, 7) is 3.79. The number of fused-ring (bicyclic) bond motifs is 1. The monoisotopic (exact) mass is 558 g/mol. The highest BCUT2D eigenvalue weighted by molar-refractivity contribution is 9.10. The van der Waals surface area contributed by atoms with Crippen molar-refractivity contribution in [2.75, 3.05) is 20.0 Å². The summed E-state index contributed by atoms with van der Waals surface area (Å²) in [6, 6.07) is 12.9. The van der Waals surface area contributed by atoms with E-state index >= 15 is 0 Å². The number of ether oxygens (including phenoxy) is 2. The van der Waals surface area contributed by atoms with E-state index in [1.165, 1.54) is 11.3 Å². The Balaban J connectivity index is 1.92. The SMILES string of the molecule is CCOC(=O)C1=C(C)N=c2sc(=Cc3ccc(OC)c(Br)c3)c(=O)n2C1c1ccc(SC)cc1. The van der Waals surface area contributed by atoms with Crippen molar-refractivity contribution in [2.24, 2.45) is 4.99 Å². The van der Waals surface area contributed by atoms with Gasteiger partial charge in [-0.1, -0.05) is 29.5 Å². The number of carbonyl (C=O) groups excluding carboxylic acids is 1. The van der Waals surface area contributed by atoms with Gasteiger partial charge in [-0.2, -0.15) is 0 Å². The highest BCUT2D eigenvalue weighted by Gasteiger charge is 2.33. The lowest BCUT2D eigenvalue weighted by Gasteiger charge is -2.24. The molecular formula is C25H23BrN2O4S2. The van der Waals surface area contributed by atoms with Crippen LogP contribution in [0.2, 0.25) is 0 Å². The summed E-state index contributed by atoms with van der Waals surface area (Å²) in [5.41, 5.74) is 2.40. The van der Waals surface area contributed by atoms with Gasteiger partial charge in [0.15, 0.2) is 4.80 Å². The second-order valence-electron chi connectivity index (χ2n) is 7.47. The van der Waals surface area contributed by atoms with Gasteiger partial charge in [-0.3, -0.25) is 9.36 Å². The number of aromatic nitrogens is 1. The number of hydrogen-bond acceptors (Lipinski definition) is 7. The third kappa shape index (κ3) is 4.64. The number of nitrogens with zero attached hydrogens (tertiary/aromatic N) is 2. The van der Waals surface area contributed by atoms with Gasteiger partial charge in [0, 0.05) is 4.90 Å². The zero-order valence-electron chi connectivity index (χ0n) is 19.1. The second kappa shape index (κ2) is 10.3. The topological polar surface area (TPSA) is 69.9 Å². The van der Waals surface area contributed by atoms with E-state index in [9.17, 15) is 9.59 Å². The van der Waals surface area contributed by atoms with E-state index in [0.29, 0.717) is 26.4 Å². The first-order chi connectivity index (χ1) is 16.4. The fourth-order valence-corrected chi connectivity index (χ4v) is 5.83. The molecule has 4 rings (SSSR count). The first-order valence-corrected chi connectivity index (χ1v) is 13.4. The molecule has 0 spiro atoms. The first kappa shape index (κ1) is 24.5. The number of carbonyl (C=O) groups is 1. The molecule has 1 aliphatic heterocycles. The quantitative estimate of drug-likeness (QED) is 0.333. The smallest absolute Gasteiger partial charge is 0.338 e. The average Bonchev–Trinajstić information content (AvgIpc) is 3.12. The van der Waals surface area contributed by atoms with E-state index in [0.717, 1.165) is 20.5 Å². The number of thiazole rings is 1. The van der Waals surface area contributed by atoms with E-state index in [-0.39, 0.29) is 12.2 Å². The molecular weight excluding hydrogens is 536 g/mol. The standard InChI is InChI=1S/C25H23BrN2O4S2/c1-5-32-24(30)21-14(2)27-25-28(22(21)16-7-9-17(33-4)10-8-16)23(29)20(34-25)13-15-6-11-19(31-3)18(26)12-15/h6-13,22H,5H2,1-4H3. The van der Waals surface area contributed by atoms with Crippen LogP contribution in [0.15, 0.2) is 72.9 Å². The number of allylic oxidation sites excluding steroid dienone is 1. The minimum Gasteiger partial charge on any atom is -0.496 e. The molecule has 176 valence electrons. The molecule has 9 heteroatoms. The summed E-state index contributed by atoms with van der Waals surface area (Å²) >= 11 is 6.42. The normalized spacial score (nSPS) is 15.7. The number of rotatable bonds is 6. The Morgan fingerprint density at radius 2 is 2.00 bits per heavy atom. The molecule has 0 radical (unpaired) electrons. The average molecular weight is 560 g/mol. The maximum absolute atomic E-state index is 13.6. The fourth-order valence-electron chi connectivity index (χ4n) is 3.82. The van der Waals surface area contributed by atoms with Crippen LogP contribution in [0.3, 0.4) is 0 Å². The molecule has 1 unspecified atom stereocenters. The van der Waals surface area contributed by atoms with E-state index in [4.69, 9.17) is 9.47 Å². The number of thioether (sulfide) groups is 1. The summed E-state index contributed by atoms with van der Waals surface area (Å²) in [7, 11) is 1.60. The molecule has 0 saturated carbocycles. The van der Waals surface area contributed by atoms with Gasteiger partial charge in [0.1, 0.15) is 5.75 Å². The van der Waals surface area contributed by atoms with Crippen LogP contribution in [-0.2, 0) is 9.53 Å². The fraction of sp³-hybridized carbons (Fsp3) is 0.240. The summed E-state index contributed by atoms with van der Waals surface area (Å²) in [5, 5.41) is 0. The van der Waals surface area contributed by atoms with Crippen LogP contribution in [0.4, 0.5) is 0 Å². The maximum Gasteiger partial charge on any atom is 0.338 e. The predicted octanol–water partition coefficient (Wildman–Crippen LogP) is 4.29. The molecule has 1 aliphatic rings. The molecule has 2 heterocycles. The molecule has 2 aromatic carbocycles.